The highest BCUT2D eigenvalue weighted by molar-refractivity contribution is 6.35. The number of carboxylic acids is 1. The van der Waals surface area contributed by atoms with E-state index < -0.39 is 5.97 Å². The van der Waals surface area contributed by atoms with Crippen LogP contribution in [0.15, 0.2) is 18.2 Å². The van der Waals surface area contributed by atoms with Gasteiger partial charge in [0.15, 0.2) is 0 Å². The van der Waals surface area contributed by atoms with E-state index in [-0.39, 0.29) is 5.92 Å². The number of nitrogens with one attached hydrogen (secondary N) is 1. The average Bonchev–Trinajstić information content (AvgIpc) is 2.39. The molecular formula is C16H23Cl2NO2. The van der Waals surface area contributed by atoms with Crippen molar-refractivity contribution in [2.24, 2.45) is 11.8 Å². The van der Waals surface area contributed by atoms with E-state index in [0.29, 0.717) is 28.9 Å². The fourth-order valence-electron chi connectivity index (χ4n) is 2.28. The summed E-state index contributed by atoms with van der Waals surface area (Å²) in [6, 6.07) is 5.49. The molecule has 0 aromatic heterocycles. The number of aliphatic carboxylic acids is 1. The Labute approximate surface area is 136 Å². The molecule has 0 bridgehead atoms. The van der Waals surface area contributed by atoms with Crippen LogP contribution in [0, 0.1) is 11.8 Å². The summed E-state index contributed by atoms with van der Waals surface area (Å²) in [7, 11) is 0. The van der Waals surface area contributed by atoms with E-state index in [2.05, 4.69) is 5.32 Å². The maximum Gasteiger partial charge on any atom is 0.307 e. The SMILES string of the molecule is CC(C)CC(CNCCCc1c(Cl)cccc1Cl)C(=O)O. The molecule has 1 aromatic rings. The van der Waals surface area contributed by atoms with Crippen LogP contribution >= 0.6 is 23.2 Å². The predicted octanol–water partition coefficient (Wildman–Crippen LogP) is 4.26. The van der Waals surface area contributed by atoms with Crippen molar-refractivity contribution in [1.29, 1.82) is 0 Å². The monoisotopic (exact) mass is 331 g/mol. The maximum atomic E-state index is 11.1. The van der Waals surface area contributed by atoms with Crippen LogP contribution in [-0.4, -0.2) is 24.2 Å². The molecule has 0 saturated carbocycles. The van der Waals surface area contributed by atoms with Crippen LogP contribution in [0.3, 0.4) is 0 Å². The molecule has 0 fully saturated rings. The molecule has 1 atom stereocenters. The molecule has 1 unspecified atom stereocenters. The Morgan fingerprint density at radius 1 is 1.29 bits per heavy atom. The second-order valence-electron chi connectivity index (χ2n) is 5.67. The van der Waals surface area contributed by atoms with E-state index in [9.17, 15) is 4.79 Å². The van der Waals surface area contributed by atoms with Gasteiger partial charge in [0.05, 0.1) is 5.92 Å². The Morgan fingerprint density at radius 2 is 1.90 bits per heavy atom. The van der Waals surface area contributed by atoms with Gasteiger partial charge >= 0.3 is 5.97 Å². The zero-order valence-electron chi connectivity index (χ0n) is 12.5. The topological polar surface area (TPSA) is 49.3 Å². The molecular weight excluding hydrogens is 309 g/mol. The summed E-state index contributed by atoms with van der Waals surface area (Å²) in [6.07, 6.45) is 2.35. The molecule has 0 heterocycles. The fraction of sp³-hybridized carbons (Fsp3) is 0.562. The molecule has 3 nitrogen and oxygen atoms in total. The second kappa shape index (κ2) is 9.29. The van der Waals surface area contributed by atoms with Crippen LogP contribution in [0.2, 0.25) is 10.0 Å². The lowest BCUT2D eigenvalue weighted by Crippen LogP contribution is -2.30. The van der Waals surface area contributed by atoms with Gasteiger partial charge in [0, 0.05) is 16.6 Å². The lowest BCUT2D eigenvalue weighted by atomic mass is 9.97. The number of benzene rings is 1. The van der Waals surface area contributed by atoms with E-state index in [0.717, 1.165) is 24.9 Å². The van der Waals surface area contributed by atoms with E-state index in [1.165, 1.54) is 0 Å². The fourth-order valence-corrected chi connectivity index (χ4v) is 2.86. The number of hydrogen-bond acceptors (Lipinski definition) is 2. The largest absolute Gasteiger partial charge is 0.481 e. The first kappa shape index (κ1) is 18.3. The quantitative estimate of drug-likeness (QED) is 0.664. The van der Waals surface area contributed by atoms with Crippen LogP contribution in [0.5, 0.6) is 0 Å². The molecule has 2 N–H and O–H groups in total. The summed E-state index contributed by atoms with van der Waals surface area (Å²) in [5, 5.41) is 13.7. The first-order chi connectivity index (χ1) is 9.91. The lowest BCUT2D eigenvalue weighted by Gasteiger charge is -2.15. The van der Waals surface area contributed by atoms with E-state index in [1.54, 1.807) is 0 Å². The Morgan fingerprint density at radius 3 is 2.43 bits per heavy atom. The first-order valence-electron chi connectivity index (χ1n) is 7.28. The predicted molar refractivity (Wildman–Crippen MR) is 88.2 cm³/mol. The van der Waals surface area contributed by atoms with Crippen LogP contribution in [0.25, 0.3) is 0 Å². The second-order valence-corrected chi connectivity index (χ2v) is 6.49. The maximum absolute atomic E-state index is 11.1. The Bertz CT molecular complexity index is 443. The van der Waals surface area contributed by atoms with Gasteiger partial charge in [0.25, 0.3) is 0 Å². The Kier molecular flexibility index (Phi) is 8.09. The van der Waals surface area contributed by atoms with E-state index in [4.69, 9.17) is 28.3 Å². The lowest BCUT2D eigenvalue weighted by molar-refractivity contribution is -0.142. The van der Waals surface area contributed by atoms with Gasteiger partial charge in [-0.1, -0.05) is 43.1 Å². The highest BCUT2D eigenvalue weighted by Gasteiger charge is 2.18. The van der Waals surface area contributed by atoms with Crippen molar-refractivity contribution in [3.8, 4) is 0 Å². The summed E-state index contributed by atoms with van der Waals surface area (Å²) in [5.74, 6) is -0.672. The third kappa shape index (κ3) is 6.68. The van der Waals surface area contributed by atoms with Gasteiger partial charge in [0.2, 0.25) is 0 Å². The van der Waals surface area contributed by atoms with Crippen LogP contribution in [0.4, 0.5) is 0 Å². The number of rotatable bonds is 9. The minimum Gasteiger partial charge on any atom is -0.481 e. The summed E-state index contributed by atoms with van der Waals surface area (Å²) in [6.45, 7) is 5.33. The van der Waals surface area contributed by atoms with Crippen molar-refractivity contribution >= 4 is 29.2 Å². The van der Waals surface area contributed by atoms with E-state index in [1.807, 2.05) is 32.0 Å². The molecule has 1 aromatic carbocycles. The molecule has 0 spiro atoms. The van der Waals surface area contributed by atoms with Gasteiger partial charge in [-0.15, -0.1) is 0 Å². The zero-order chi connectivity index (χ0) is 15.8. The summed E-state index contributed by atoms with van der Waals surface area (Å²) in [4.78, 5) is 11.1. The number of hydrogen-bond donors (Lipinski definition) is 2. The summed E-state index contributed by atoms with van der Waals surface area (Å²) in [5.41, 5.74) is 0.958. The smallest absolute Gasteiger partial charge is 0.307 e. The summed E-state index contributed by atoms with van der Waals surface area (Å²) >= 11 is 12.2. The average molecular weight is 332 g/mol. The molecule has 0 aliphatic rings. The molecule has 0 radical (unpaired) electrons. The molecule has 5 heteroatoms. The molecule has 0 amide bonds. The van der Waals surface area contributed by atoms with Gasteiger partial charge < -0.3 is 10.4 Å². The van der Waals surface area contributed by atoms with Gasteiger partial charge in [-0.3, -0.25) is 4.79 Å². The van der Waals surface area contributed by atoms with Crippen LogP contribution in [0.1, 0.15) is 32.3 Å². The van der Waals surface area contributed by atoms with Crippen molar-refractivity contribution in [2.75, 3.05) is 13.1 Å². The van der Waals surface area contributed by atoms with Gasteiger partial charge in [-0.25, -0.2) is 0 Å². The minimum atomic E-state index is -0.731. The Hall–Kier alpha value is -0.770. The normalized spacial score (nSPS) is 12.6. The molecule has 1 rings (SSSR count). The molecule has 118 valence electrons. The van der Waals surface area contributed by atoms with Crippen molar-refractivity contribution in [3.63, 3.8) is 0 Å². The minimum absolute atomic E-state index is 0.325. The van der Waals surface area contributed by atoms with Gasteiger partial charge in [-0.2, -0.15) is 0 Å². The molecule has 0 aliphatic heterocycles. The standard InChI is InChI=1S/C16H23Cl2NO2/c1-11(2)9-12(16(20)21)10-19-8-4-5-13-14(17)6-3-7-15(13)18/h3,6-7,11-12,19H,4-5,8-10H2,1-2H3,(H,20,21). The van der Waals surface area contributed by atoms with Crippen LogP contribution in [-0.2, 0) is 11.2 Å². The molecule has 21 heavy (non-hydrogen) atoms. The number of halogens is 2. The number of carbonyl (C=O) groups is 1. The highest BCUT2D eigenvalue weighted by atomic mass is 35.5. The molecule has 0 saturated heterocycles. The third-order valence-electron chi connectivity index (χ3n) is 3.34. The van der Waals surface area contributed by atoms with Crippen molar-refractivity contribution in [2.45, 2.75) is 33.1 Å². The van der Waals surface area contributed by atoms with Gasteiger partial charge in [-0.05, 0) is 49.4 Å². The van der Waals surface area contributed by atoms with Crippen molar-refractivity contribution < 1.29 is 9.90 Å². The van der Waals surface area contributed by atoms with Crippen molar-refractivity contribution in [1.82, 2.24) is 5.32 Å². The summed E-state index contributed by atoms with van der Waals surface area (Å²) < 4.78 is 0. The third-order valence-corrected chi connectivity index (χ3v) is 4.05. The van der Waals surface area contributed by atoms with E-state index >= 15 is 0 Å². The zero-order valence-corrected chi connectivity index (χ0v) is 14.0. The Balaban J connectivity index is 2.32. The number of carboxylic acid groups (broad SMARTS) is 1. The van der Waals surface area contributed by atoms with Crippen LogP contribution < -0.4 is 5.32 Å². The first-order valence-corrected chi connectivity index (χ1v) is 8.03. The van der Waals surface area contributed by atoms with Gasteiger partial charge in [0.1, 0.15) is 0 Å². The van der Waals surface area contributed by atoms with Crippen molar-refractivity contribution in [3.05, 3.63) is 33.8 Å². The highest BCUT2D eigenvalue weighted by Crippen LogP contribution is 2.25. The molecule has 0 aliphatic carbocycles.